The van der Waals surface area contributed by atoms with Gasteiger partial charge in [0.2, 0.25) is 0 Å². The Hall–Kier alpha value is -1.44. The summed E-state index contributed by atoms with van der Waals surface area (Å²) in [6.45, 7) is 5.25. The molecular formula is C17H22N2OS. The van der Waals surface area contributed by atoms with E-state index in [1.165, 1.54) is 18.6 Å². The van der Waals surface area contributed by atoms with Crippen molar-refractivity contribution in [2.24, 2.45) is 5.73 Å². The Morgan fingerprint density at radius 1 is 1.52 bits per heavy atom. The number of benzene rings is 1. The SMILES string of the molecule is Cc1ccc(C(=O)NCC2(C)CCCS2)cc1C#CCN. The molecule has 1 aromatic carbocycles. The molecule has 1 unspecified atom stereocenters. The molecule has 1 heterocycles. The number of rotatable bonds is 3. The fourth-order valence-electron chi connectivity index (χ4n) is 2.39. The first-order valence-corrected chi connectivity index (χ1v) is 8.24. The molecule has 1 aliphatic heterocycles. The van der Waals surface area contributed by atoms with Crippen LogP contribution in [0.25, 0.3) is 0 Å². The van der Waals surface area contributed by atoms with Crippen LogP contribution < -0.4 is 11.1 Å². The maximum Gasteiger partial charge on any atom is 0.251 e. The van der Waals surface area contributed by atoms with Crippen molar-refractivity contribution >= 4 is 17.7 Å². The molecule has 0 radical (unpaired) electrons. The summed E-state index contributed by atoms with van der Waals surface area (Å²) in [5.74, 6) is 7.01. The van der Waals surface area contributed by atoms with Gasteiger partial charge in [0.15, 0.2) is 0 Å². The van der Waals surface area contributed by atoms with Crippen molar-refractivity contribution in [1.29, 1.82) is 0 Å². The molecule has 112 valence electrons. The number of nitrogens with one attached hydrogen (secondary N) is 1. The molecule has 4 heteroatoms. The third-order valence-electron chi connectivity index (χ3n) is 3.75. The molecule has 1 saturated heterocycles. The minimum atomic E-state index is -0.0282. The molecule has 1 amide bonds. The molecule has 0 aliphatic carbocycles. The lowest BCUT2D eigenvalue weighted by atomic mass is 10.0. The smallest absolute Gasteiger partial charge is 0.251 e. The van der Waals surface area contributed by atoms with E-state index in [9.17, 15) is 4.79 Å². The first-order chi connectivity index (χ1) is 10.0. The van der Waals surface area contributed by atoms with Crippen LogP contribution in [0.3, 0.4) is 0 Å². The van der Waals surface area contributed by atoms with Crippen LogP contribution in [-0.4, -0.2) is 29.5 Å². The molecule has 3 N–H and O–H groups in total. The Kier molecular flexibility index (Phi) is 5.33. The largest absolute Gasteiger partial charge is 0.351 e. The predicted molar refractivity (Wildman–Crippen MR) is 89.5 cm³/mol. The lowest BCUT2D eigenvalue weighted by Crippen LogP contribution is -2.36. The van der Waals surface area contributed by atoms with Crippen LogP contribution in [0.5, 0.6) is 0 Å². The lowest BCUT2D eigenvalue weighted by molar-refractivity contribution is 0.0950. The van der Waals surface area contributed by atoms with Crippen molar-refractivity contribution in [2.45, 2.75) is 31.4 Å². The zero-order valence-corrected chi connectivity index (χ0v) is 13.5. The van der Waals surface area contributed by atoms with Gasteiger partial charge in [-0.1, -0.05) is 17.9 Å². The van der Waals surface area contributed by atoms with Gasteiger partial charge in [0.05, 0.1) is 6.54 Å². The maximum absolute atomic E-state index is 12.3. The van der Waals surface area contributed by atoms with Gasteiger partial charge in [-0.15, -0.1) is 0 Å². The molecule has 21 heavy (non-hydrogen) atoms. The Morgan fingerprint density at radius 3 is 3.00 bits per heavy atom. The summed E-state index contributed by atoms with van der Waals surface area (Å²) < 4.78 is 0.183. The topological polar surface area (TPSA) is 55.1 Å². The van der Waals surface area contributed by atoms with Crippen LogP contribution in [0.15, 0.2) is 18.2 Å². The van der Waals surface area contributed by atoms with E-state index >= 15 is 0 Å². The van der Waals surface area contributed by atoms with Crippen LogP contribution in [0.2, 0.25) is 0 Å². The number of hydrogen-bond donors (Lipinski definition) is 2. The van der Waals surface area contributed by atoms with Crippen LogP contribution in [0, 0.1) is 18.8 Å². The number of carbonyl (C=O) groups excluding carboxylic acids is 1. The van der Waals surface area contributed by atoms with Gasteiger partial charge in [-0.25, -0.2) is 0 Å². The highest BCUT2D eigenvalue weighted by atomic mass is 32.2. The number of aryl methyl sites for hydroxylation is 1. The lowest BCUT2D eigenvalue weighted by Gasteiger charge is -2.22. The predicted octanol–water partition coefficient (Wildman–Crippen LogP) is 2.32. The second-order valence-electron chi connectivity index (χ2n) is 5.62. The second-order valence-corrected chi connectivity index (χ2v) is 7.30. The molecule has 0 bridgehead atoms. The van der Waals surface area contributed by atoms with E-state index in [-0.39, 0.29) is 10.7 Å². The van der Waals surface area contributed by atoms with E-state index in [1.54, 1.807) is 0 Å². The number of amides is 1. The minimum Gasteiger partial charge on any atom is -0.351 e. The molecule has 1 atom stereocenters. The third-order valence-corrected chi connectivity index (χ3v) is 5.29. The van der Waals surface area contributed by atoms with E-state index in [0.29, 0.717) is 18.7 Å². The highest BCUT2D eigenvalue weighted by Crippen LogP contribution is 2.36. The third kappa shape index (κ3) is 4.26. The van der Waals surface area contributed by atoms with Crippen molar-refractivity contribution in [1.82, 2.24) is 5.32 Å². The second kappa shape index (κ2) is 7.02. The van der Waals surface area contributed by atoms with E-state index in [1.807, 2.05) is 36.9 Å². The van der Waals surface area contributed by atoms with Crippen molar-refractivity contribution in [3.8, 4) is 11.8 Å². The fourth-order valence-corrected chi connectivity index (χ4v) is 3.63. The van der Waals surface area contributed by atoms with Crippen LogP contribution in [0.4, 0.5) is 0 Å². The molecule has 0 spiro atoms. The van der Waals surface area contributed by atoms with E-state index < -0.39 is 0 Å². The summed E-state index contributed by atoms with van der Waals surface area (Å²) >= 11 is 1.95. The molecule has 0 saturated carbocycles. The van der Waals surface area contributed by atoms with E-state index in [0.717, 1.165) is 11.1 Å². The van der Waals surface area contributed by atoms with E-state index in [4.69, 9.17) is 5.73 Å². The quantitative estimate of drug-likeness (QED) is 0.843. The summed E-state index contributed by atoms with van der Waals surface area (Å²) in [5, 5.41) is 3.05. The molecule has 1 aliphatic rings. The number of hydrogen-bond acceptors (Lipinski definition) is 3. The van der Waals surface area contributed by atoms with Crippen molar-refractivity contribution in [3.63, 3.8) is 0 Å². The monoisotopic (exact) mass is 302 g/mol. The van der Waals surface area contributed by atoms with Gasteiger partial charge in [-0.3, -0.25) is 4.79 Å². The first-order valence-electron chi connectivity index (χ1n) is 7.26. The molecule has 0 aromatic heterocycles. The van der Waals surface area contributed by atoms with Gasteiger partial charge in [0, 0.05) is 22.4 Å². The highest BCUT2D eigenvalue weighted by Gasteiger charge is 2.29. The van der Waals surface area contributed by atoms with Gasteiger partial charge in [-0.05, 0) is 50.1 Å². The molecular weight excluding hydrogens is 280 g/mol. The summed E-state index contributed by atoms with van der Waals surface area (Å²) in [7, 11) is 0. The van der Waals surface area contributed by atoms with E-state index in [2.05, 4.69) is 24.1 Å². The van der Waals surface area contributed by atoms with Crippen LogP contribution in [-0.2, 0) is 0 Å². The van der Waals surface area contributed by atoms with Gasteiger partial charge >= 0.3 is 0 Å². The Bertz CT molecular complexity index is 580. The van der Waals surface area contributed by atoms with Gasteiger partial charge in [-0.2, -0.15) is 11.8 Å². The summed E-state index contributed by atoms with van der Waals surface area (Å²) in [4.78, 5) is 12.3. The van der Waals surface area contributed by atoms with Crippen molar-refractivity contribution < 1.29 is 4.79 Å². The van der Waals surface area contributed by atoms with Crippen LogP contribution >= 0.6 is 11.8 Å². The van der Waals surface area contributed by atoms with Crippen LogP contribution in [0.1, 0.15) is 41.3 Å². The number of nitrogens with two attached hydrogens (primary N) is 1. The highest BCUT2D eigenvalue weighted by molar-refractivity contribution is 8.00. The van der Waals surface area contributed by atoms with Crippen molar-refractivity contribution in [2.75, 3.05) is 18.8 Å². The summed E-state index contributed by atoms with van der Waals surface area (Å²) in [5.41, 5.74) is 7.99. The molecule has 1 fully saturated rings. The average molecular weight is 302 g/mol. The number of thioether (sulfide) groups is 1. The standard InChI is InChI=1S/C17H22N2OS/c1-13-6-7-15(11-14(13)5-3-9-18)16(20)19-12-17(2)8-4-10-21-17/h6-7,11H,4,8-10,12,18H2,1-2H3,(H,19,20). The normalized spacial score (nSPS) is 20.7. The van der Waals surface area contributed by atoms with Gasteiger partial charge in [0.25, 0.3) is 5.91 Å². The number of carbonyl (C=O) groups is 1. The minimum absolute atomic E-state index is 0.0282. The Balaban J connectivity index is 2.05. The summed E-state index contributed by atoms with van der Waals surface area (Å²) in [6, 6.07) is 5.63. The van der Waals surface area contributed by atoms with Crippen molar-refractivity contribution in [3.05, 3.63) is 34.9 Å². The Labute approximate surface area is 131 Å². The van der Waals surface area contributed by atoms with Gasteiger partial charge in [0.1, 0.15) is 0 Å². The molecule has 1 aromatic rings. The maximum atomic E-state index is 12.3. The first kappa shape index (κ1) is 15.9. The molecule has 3 nitrogen and oxygen atoms in total. The molecule has 2 rings (SSSR count). The zero-order valence-electron chi connectivity index (χ0n) is 12.7. The average Bonchev–Trinajstić information content (AvgIpc) is 2.91. The fraction of sp³-hybridized carbons (Fsp3) is 0.471. The van der Waals surface area contributed by atoms with Gasteiger partial charge < -0.3 is 11.1 Å². The zero-order chi connectivity index (χ0) is 15.3. The Morgan fingerprint density at radius 2 is 2.33 bits per heavy atom. The summed E-state index contributed by atoms with van der Waals surface area (Å²) in [6.07, 6.45) is 2.40.